The van der Waals surface area contributed by atoms with E-state index in [1.165, 1.54) is 6.07 Å². The van der Waals surface area contributed by atoms with Gasteiger partial charge in [0, 0.05) is 5.88 Å². The van der Waals surface area contributed by atoms with Gasteiger partial charge >= 0.3 is 6.18 Å². The van der Waals surface area contributed by atoms with Crippen molar-refractivity contribution >= 4 is 11.6 Å². The highest BCUT2D eigenvalue weighted by Gasteiger charge is 2.35. The topological polar surface area (TPSA) is 9.23 Å². The van der Waals surface area contributed by atoms with Gasteiger partial charge in [0.1, 0.15) is 5.75 Å². The number of ether oxygens (including phenoxy) is 1. The van der Waals surface area contributed by atoms with Gasteiger partial charge in [-0.15, -0.1) is 11.6 Å². The molecule has 1 aromatic rings. The Hall–Kier alpha value is -0.900. The second kappa shape index (κ2) is 6.70. The van der Waals surface area contributed by atoms with E-state index >= 15 is 0 Å². The number of hydrogen-bond donors (Lipinski definition) is 0. The second-order valence-electron chi connectivity index (χ2n) is 5.19. The zero-order valence-corrected chi connectivity index (χ0v) is 11.9. The fourth-order valence-electron chi connectivity index (χ4n) is 2.52. The van der Waals surface area contributed by atoms with Gasteiger partial charge in [-0.25, -0.2) is 0 Å². The Balaban J connectivity index is 2.21. The van der Waals surface area contributed by atoms with E-state index in [2.05, 4.69) is 0 Å². The van der Waals surface area contributed by atoms with Crippen molar-refractivity contribution in [3.8, 4) is 5.75 Å². The zero-order valence-electron chi connectivity index (χ0n) is 11.2. The summed E-state index contributed by atoms with van der Waals surface area (Å²) in [6.07, 6.45) is 1.44. The van der Waals surface area contributed by atoms with E-state index in [1.807, 2.05) is 0 Å². The van der Waals surface area contributed by atoms with E-state index in [-0.39, 0.29) is 17.7 Å². The van der Waals surface area contributed by atoms with Crippen LogP contribution in [0.25, 0.3) is 0 Å². The molecule has 1 nitrogen and oxygen atoms in total. The summed E-state index contributed by atoms with van der Waals surface area (Å²) in [6, 6.07) is 4.07. The minimum atomic E-state index is -4.41. The molecule has 0 aliphatic heterocycles. The normalized spacial score (nSPS) is 17.8. The molecular weight excluding hydrogens is 289 g/mol. The molecule has 0 spiro atoms. The summed E-state index contributed by atoms with van der Waals surface area (Å²) in [6.45, 7) is 0. The van der Waals surface area contributed by atoms with Gasteiger partial charge in [-0.2, -0.15) is 13.2 Å². The molecule has 1 saturated carbocycles. The molecule has 0 N–H and O–H groups in total. The molecule has 1 fully saturated rings. The molecule has 5 heteroatoms. The first-order valence-electron chi connectivity index (χ1n) is 6.93. The Bertz CT molecular complexity index is 437. The lowest BCUT2D eigenvalue weighted by Gasteiger charge is -2.21. The van der Waals surface area contributed by atoms with Crippen molar-refractivity contribution in [2.45, 2.75) is 56.7 Å². The summed E-state index contributed by atoms with van der Waals surface area (Å²) in [5, 5.41) is 0. The highest BCUT2D eigenvalue weighted by molar-refractivity contribution is 6.17. The van der Waals surface area contributed by atoms with E-state index in [4.69, 9.17) is 16.3 Å². The van der Waals surface area contributed by atoms with Crippen LogP contribution in [0.4, 0.5) is 13.2 Å². The predicted octanol–water partition coefficient (Wildman–Crippen LogP) is 5.55. The van der Waals surface area contributed by atoms with E-state index in [0.717, 1.165) is 44.6 Å². The third-order valence-electron chi connectivity index (χ3n) is 3.60. The highest BCUT2D eigenvalue weighted by atomic mass is 35.5. The predicted molar refractivity (Wildman–Crippen MR) is 73.1 cm³/mol. The number of rotatable bonds is 3. The second-order valence-corrected chi connectivity index (χ2v) is 5.46. The van der Waals surface area contributed by atoms with E-state index < -0.39 is 11.7 Å². The van der Waals surface area contributed by atoms with Gasteiger partial charge in [-0.05, 0) is 43.4 Å². The van der Waals surface area contributed by atoms with Gasteiger partial charge in [0.25, 0.3) is 0 Å². The molecule has 0 bridgehead atoms. The Morgan fingerprint density at radius 1 is 1.10 bits per heavy atom. The summed E-state index contributed by atoms with van der Waals surface area (Å²) in [5.41, 5.74) is -0.271. The highest BCUT2D eigenvalue weighted by Crippen LogP contribution is 2.38. The van der Waals surface area contributed by atoms with Crippen molar-refractivity contribution in [1.82, 2.24) is 0 Å². The van der Waals surface area contributed by atoms with Gasteiger partial charge in [0.05, 0.1) is 11.7 Å². The minimum Gasteiger partial charge on any atom is -0.490 e. The molecule has 0 radical (unpaired) electrons. The lowest BCUT2D eigenvalue weighted by Crippen LogP contribution is -2.18. The summed E-state index contributed by atoms with van der Waals surface area (Å²) in [4.78, 5) is 0. The Kier molecular flexibility index (Phi) is 5.19. The van der Waals surface area contributed by atoms with Crippen LogP contribution in [-0.4, -0.2) is 6.10 Å². The first-order chi connectivity index (χ1) is 9.50. The lowest BCUT2D eigenvalue weighted by molar-refractivity contribution is -0.139. The maximum Gasteiger partial charge on any atom is 0.419 e. The fourth-order valence-corrected chi connectivity index (χ4v) is 2.69. The van der Waals surface area contributed by atoms with E-state index in [9.17, 15) is 13.2 Å². The fraction of sp³-hybridized carbons (Fsp3) is 0.600. The Morgan fingerprint density at radius 2 is 1.75 bits per heavy atom. The molecule has 112 valence electrons. The van der Waals surface area contributed by atoms with Crippen molar-refractivity contribution in [3.63, 3.8) is 0 Å². The van der Waals surface area contributed by atoms with Crippen molar-refractivity contribution in [2.75, 3.05) is 0 Å². The third-order valence-corrected chi connectivity index (χ3v) is 3.91. The molecule has 0 atom stereocenters. The van der Waals surface area contributed by atoms with E-state index in [1.54, 1.807) is 6.07 Å². The molecular formula is C15H18ClF3O. The quantitative estimate of drug-likeness (QED) is 0.526. The molecule has 0 unspecified atom stereocenters. The van der Waals surface area contributed by atoms with Gasteiger partial charge in [-0.3, -0.25) is 0 Å². The van der Waals surface area contributed by atoms with Crippen LogP contribution in [0, 0.1) is 0 Å². The van der Waals surface area contributed by atoms with Gasteiger partial charge in [-0.1, -0.05) is 18.9 Å². The first kappa shape index (κ1) is 15.5. The molecule has 1 aromatic carbocycles. The number of hydrogen-bond acceptors (Lipinski definition) is 1. The summed E-state index contributed by atoms with van der Waals surface area (Å²) >= 11 is 5.61. The van der Waals surface area contributed by atoms with Crippen LogP contribution in [0.3, 0.4) is 0 Å². The lowest BCUT2D eigenvalue weighted by atomic mass is 10.1. The average Bonchev–Trinajstić information content (AvgIpc) is 2.66. The molecule has 0 aromatic heterocycles. The first-order valence-corrected chi connectivity index (χ1v) is 7.47. The van der Waals surface area contributed by atoms with Crippen molar-refractivity contribution in [1.29, 1.82) is 0 Å². The van der Waals surface area contributed by atoms with Gasteiger partial charge < -0.3 is 4.74 Å². The molecule has 20 heavy (non-hydrogen) atoms. The van der Waals surface area contributed by atoms with Crippen molar-refractivity contribution in [3.05, 3.63) is 29.3 Å². The smallest absolute Gasteiger partial charge is 0.419 e. The maximum absolute atomic E-state index is 13.1. The molecule has 1 aliphatic carbocycles. The summed E-state index contributed by atoms with van der Waals surface area (Å²) in [7, 11) is 0. The number of alkyl halides is 4. The Labute approximate surface area is 122 Å². The molecule has 1 aliphatic rings. The standard InChI is InChI=1S/C15H18ClF3O/c16-10-11-7-8-14(13(9-11)15(17,18)19)20-12-5-3-1-2-4-6-12/h7-9,12H,1-6,10H2. The van der Waals surface area contributed by atoms with Crippen molar-refractivity contribution < 1.29 is 17.9 Å². The van der Waals surface area contributed by atoms with Crippen LogP contribution in [0.1, 0.15) is 49.7 Å². The molecule has 2 rings (SSSR count). The molecule has 0 heterocycles. The number of benzene rings is 1. The third kappa shape index (κ3) is 4.05. The van der Waals surface area contributed by atoms with Gasteiger partial charge in [0.15, 0.2) is 0 Å². The SMILES string of the molecule is FC(F)(F)c1cc(CCl)ccc1OC1CCCCCC1. The molecule has 0 saturated heterocycles. The molecule has 0 amide bonds. The average molecular weight is 307 g/mol. The van der Waals surface area contributed by atoms with Crippen LogP contribution in [0.15, 0.2) is 18.2 Å². The minimum absolute atomic E-state index is 0.0623. The van der Waals surface area contributed by atoms with Crippen LogP contribution in [-0.2, 0) is 12.1 Å². The number of halogens is 4. The van der Waals surface area contributed by atoms with Gasteiger partial charge in [0.2, 0.25) is 0 Å². The van der Waals surface area contributed by atoms with Crippen molar-refractivity contribution in [2.24, 2.45) is 0 Å². The van der Waals surface area contributed by atoms with Crippen LogP contribution < -0.4 is 4.74 Å². The van der Waals surface area contributed by atoms with Crippen LogP contribution in [0.5, 0.6) is 5.75 Å². The summed E-state index contributed by atoms with van der Waals surface area (Å²) < 4.78 is 44.9. The maximum atomic E-state index is 13.1. The van der Waals surface area contributed by atoms with Crippen LogP contribution in [0.2, 0.25) is 0 Å². The zero-order chi connectivity index (χ0) is 14.6. The Morgan fingerprint density at radius 3 is 2.30 bits per heavy atom. The monoisotopic (exact) mass is 306 g/mol. The summed E-state index contributed by atoms with van der Waals surface area (Å²) in [5.74, 6) is -0.00876. The van der Waals surface area contributed by atoms with Crippen LogP contribution >= 0.6 is 11.6 Å². The van der Waals surface area contributed by atoms with E-state index in [0.29, 0.717) is 5.56 Å². The largest absolute Gasteiger partial charge is 0.490 e.